The molecule has 1 unspecified atom stereocenters. The van der Waals surface area contributed by atoms with Crippen molar-refractivity contribution in [3.05, 3.63) is 54.2 Å². The van der Waals surface area contributed by atoms with Crippen LogP contribution in [0.25, 0.3) is 0 Å². The third-order valence-corrected chi connectivity index (χ3v) is 5.69. The predicted octanol–water partition coefficient (Wildman–Crippen LogP) is 1.89. The molecular weight excluding hydrogens is 342 g/mol. The molecule has 5 rings (SSSR count). The molecule has 8 heteroatoms. The first-order valence-corrected chi connectivity index (χ1v) is 9.28. The second-order valence-corrected chi connectivity index (χ2v) is 7.23. The average Bonchev–Trinajstić information content (AvgIpc) is 3.43. The standard InChI is InChI=1S/C19H23N7O/c1-14-13-27-11-10-25(14)18-12-19(15-5-7-20-23-15,16-6-8-21-24(16)2)26-9-3-4-17(26)22-18/h3-9,14H,10-13H2,1-2H3,(H,20,23)/t14-,19?/m1/s1. The summed E-state index contributed by atoms with van der Waals surface area (Å²) in [6, 6.07) is 8.53. The van der Waals surface area contributed by atoms with Crippen LogP contribution in [0.2, 0.25) is 0 Å². The molecule has 0 amide bonds. The minimum Gasteiger partial charge on any atom is -0.377 e. The Morgan fingerprint density at radius 2 is 2.19 bits per heavy atom. The van der Waals surface area contributed by atoms with Crippen molar-refractivity contribution in [3.8, 4) is 0 Å². The molecular formula is C19H23N7O. The normalized spacial score (nSPS) is 25.3. The second-order valence-electron chi connectivity index (χ2n) is 7.23. The summed E-state index contributed by atoms with van der Waals surface area (Å²) in [7, 11) is 1.99. The highest BCUT2D eigenvalue weighted by Gasteiger charge is 2.46. The molecule has 27 heavy (non-hydrogen) atoms. The molecule has 0 bridgehead atoms. The Bertz CT molecular complexity index is 970. The molecule has 1 N–H and O–H groups in total. The maximum absolute atomic E-state index is 5.64. The molecule has 0 saturated carbocycles. The second kappa shape index (κ2) is 6.09. The lowest BCUT2D eigenvalue weighted by molar-refractivity contribution is 0.0313. The number of aryl methyl sites for hydroxylation is 1. The van der Waals surface area contributed by atoms with Gasteiger partial charge in [-0.15, -0.1) is 0 Å². The molecule has 1 saturated heterocycles. The van der Waals surface area contributed by atoms with Gasteiger partial charge in [0.05, 0.1) is 30.6 Å². The summed E-state index contributed by atoms with van der Waals surface area (Å²) in [6.45, 7) is 4.50. The highest BCUT2D eigenvalue weighted by molar-refractivity contribution is 5.88. The number of fused-ring (bicyclic) bond motifs is 1. The summed E-state index contributed by atoms with van der Waals surface area (Å²) in [5.41, 5.74) is 1.64. The average molecular weight is 365 g/mol. The Morgan fingerprint density at radius 3 is 2.93 bits per heavy atom. The van der Waals surface area contributed by atoms with Gasteiger partial charge in [-0.25, -0.2) is 4.99 Å². The lowest BCUT2D eigenvalue weighted by atomic mass is 9.84. The maximum Gasteiger partial charge on any atom is 0.136 e. The van der Waals surface area contributed by atoms with Crippen molar-refractivity contribution in [2.75, 3.05) is 19.8 Å². The van der Waals surface area contributed by atoms with E-state index in [1.54, 1.807) is 6.20 Å². The molecule has 140 valence electrons. The summed E-state index contributed by atoms with van der Waals surface area (Å²) in [5.74, 6) is 2.01. The summed E-state index contributed by atoms with van der Waals surface area (Å²) >= 11 is 0. The third-order valence-electron chi connectivity index (χ3n) is 5.69. The van der Waals surface area contributed by atoms with E-state index in [9.17, 15) is 0 Å². The van der Waals surface area contributed by atoms with Crippen molar-refractivity contribution in [2.45, 2.75) is 24.9 Å². The predicted molar refractivity (Wildman–Crippen MR) is 101 cm³/mol. The molecule has 3 aromatic rings. The number of ether oxygens (including phenoxy) is 1. The number of amidine groups is 1. The Balaban J connectivity index is 1.72. The van der Waals surface area contributed by atoms with Crippen LogP contribution in [-0.2, 0) is 17.3 Å². The van der Waals surface area contributed by atoms with Crippen molar-refractivity contribution in [3.63, 3.8) is 0 Å². The van der Waals surface area contributed by atoms with Gasteiger partial charge in [-0.05, 0) is 31.2 Å². The molecule has 8 nitrogen and oxygen atoms in total. The molecule has 2 aliphatic heterocycles. The molecule has 1 fully saturated rings. The molecule has 0 spiro atoms. The number of nitrogens with one attached hydrogen (secondary N) is 1. The monoisotopic (exact) mass is 365 g/mol. The van der Waals surface area contributed by atoms with Crippen molar-refractivity contribution in [2.24, 2.45) is 12.0 Å². The van der Waals surface area contributed by atoms with Gasteiger partial charge >= 0.3 is 0 Å². The van der Waals surface area contributed by atoms with E-state index in [2.05, 4.69) is 50.0 Å². The topological polar surface area (TPSA) is 76.3 Å². The molecule has 2 aliphatic rings. The number of aliphatic imine (C=N–C) groups is 1. The Hall–Kier alpha value is -2.87. The molecule has 0 aromatic carbocycles. The first kappa shape index (κ1) is 16.3. The third kappa shape index (κ3) is 2.36. The quantitative estimate of drug-likeness (QED) is 0.752. The fraction of sp³-hybridized carbons (Fsp3) is 0.421. The molecule has 0 radical (unpaired) electrons. The van der Waals surface area contributed by atoms with E-state index >= 15 is 0 Å². The fourth-order valence-electron chi connectivity index (χ4n) is 4.39. The highest BCUT2D eigenvalue weighted by Crippen LogP contribution is 2.43. The highest BCUT2D eigenvalue weighted by atomic mass is 16.5. The number of aromatic nitrogens is 5. The van der Waals surface area contributed by atoms with E-state index in [1.165, 1.54) is 0 Å². The molecule has 5 heterocycles. The Labute approximate surface area is 157 Å². The number of hydrogen-bond acceptors (Lipinski definition) is 5. The first-order valence-electron chi connectivity index (χ1n) is 9.28. The van der Waals surface area contributed by atoms with Gasteiger partial charge in [-0.2, -0.15) is 10.2 Å². The smallest absolute Gasteiger partial charge is 0.136 e. The van der Waals surface area contributed by atoms with Crippen LogP contribution in [0, 0.1) is 0 Å². The van der Waals surface area contributed by atoms with E-state index in [0.29, 0.717) is 6.04 Å². The van der Waals surface area contributed by atoms with E-state index < -0.39 is 5.54 Å². The maximum atomic E-state index is 5.64. The van der Waals surface area contributed by atoms with Crippen LogP contribution in [0.3, 0.4) is 0 Å². The van der Waals surface area contributed by atoms with Gasteiger partial charge in [0.2, 0.25) is 0 Å². The largest absolute Gasteiger partial charge is 0.377 e. The lowest BCUT2D eigenvalue weighted by Gasteiger charge is -2.43. The zero-order valence-electron chi connectivity index (χ0n) is 15.5. The van der Waals surface area contributed by atoms with E-state index in [1.807, 2.05) is 30.1 Å². The van der Waals surface area contributed by atoms with Crippen molar-refractivity contribution in [1.82, 2.24) is 29.4 Å². The number of H-pyrrole nitrogens is 1. The fourth-order valence-corrected chi connectivity index (χ4v) is 4.39. The Morgan fingerprint density at radius 1 is 1.26 bits per heavy atom. The van der Waals surface area contributed by atoms with Crippen molar-refractivity contribution < 1.29 is 4.74 Å². The van der Waals surface area contributed by atoms with Crippen LogP contribution in [0.4, 0.5) is 5.82 Å². The summed E-state index contributed by atoms with van der Waals surface area (Å²) in [4.78, 5) is 7.39. The van der Waals surface area contributed by atoms with Gasteiger partial charge < -0.3 is 14.2 Å². The van der Waals surface area contributed by atoms with E-state index in [-0.39, 0.29) is 0 Å². The first-order chi connectivity index (χ1) is 13.2. The van der Waals surface area contributed by atoms with Gasteiger partial charge in [0.25, 0.3) is 0 Å². The molecule has 0 aliphatic carbocycles. The van der Waals surface area contributed by atoms with Crippen LogP contribution in [0.5, 0.6) is 0 Å². The number of morpholine rings is 1. The van der Waals surface area contributed by atoms with Crippen LogP contribution in [-0.4, -0.2) is 61.1 Å². The van der Waals surface area contributed by atoms with E-state index in [0.717, 1.165) is 49.2 Å². The van der Waals surface area contributed by atoms with Crippen LogP contribution in [0.1, 0.15) is 24.7 Å². The van der Waals surface area contributed by atoms with Gasteiger partial charge in [0, 0.05) is 38.6 Å². The minimum absolute atomic E-state index is 0.296. The summed E-state index contributed by atoms with van der Waals surface area (Å²) in [6.07, 6.45) is 6.46. The van der Waals surface area contributed by atoms with Gasteiger partial charge in [-0.3, -0.25) is 9.78 Å². The van der Waals surface area contributed by atoms with Crippen molar-refractivity contribution >= 4 is 11.7 Å². The summed E-state index contributed by atoms with van der Waals surface area (Å²) in [5, 5.41) is 11.9. The van der Waals surface area contributed by atoms with Gasteiger partial charge in [0.15, 0.2) is 0 Å². The SMILES string of the molecule is C[C@@H]1COCCN1C1=Nc2cccn2C(c2ccn[nH]2)(c2ccnn2C)C1. The summed E-state index contributed by atoms with van der Waals surface area (Å²) < 4.78 is 9.81. The zero-order chi connectivity index (χ0) is 18.4. The number of nitrogens with zero attached hydrogens (tertiary/aromatic N) is 6. The van der Waals surface area contributed by atoms with Gasteiger partial charge in [-0.1, -0.05) is 0 Å². The van der Waals surface area contributed by atoms with Crippen LogP contribution in [0.15, 0.2) is 47.8 Å². The van der Waals surface area contributed by atoms with Crippen molar-refractivity contribution in [1.29, 1.82) is 0 Å². The van der Waals surface area contributed by atoms with E-state index in [4.69, 9.17) is 9.73 Å². The lowest BCUT2D eigenvalue weighted by Crippen LogP contribution is -2.52. The zero-order valence-corrected chi connectivity index (χ0v) is 15.5. The molecule has 3 aromatic heterocycles. The minimum atomic E-state index is -0.476. The number of aromatic amines is 1. The number of hydrogen-bond donors (Lipinski definition) is 1. The van der Waals surface area contributed by atoms with Gasteiger partial charge in [0.1, 0.15) is 17.2 Å². The van der Waals surface area contributed by atoms with Crippen LogP contribution < -0.4 is 0 Å². The number of rotatable bonds is 2. The Kier molecular flexibility index (Phi) is 3.68. The van der Waals surface area contributed by atoms with Crippen LogP contribution >= 0.6 is 0 Å². The molecule has 2 atom stereocenters.